The van der Waals surface area contributed by atoms with Crippen LogP contribution in [0.15, 0.2) is 12.3 Å². The number of halogens is 4. The molecule has 0 fully saturated rings. The highest BCUT2D eigenvalue weighted by molar-refractivity contribution is 5.85. The molecule has 0 aliphatic carbocycles. The molecule has 1 atom stereocenters. The number of nitrogens with zero attached hydrogens (tertiary/aromatic N) is 1. The van der Waals surface area contributed by atoms with E-state index in [1.807, 2.05) is 0 Å². The van der Waals surface area contributed by atoms with Gasteiger partial charge in [0.1, 0.15) is 11.4 Å². The second kappa shape index (κ2) is 5.36. The summed E-state index contributed by atoms with van der Waals surface area (Å²) in [6.07, 6.45) is -3.43. The number of rotatable bonds is 2. The van der Waals surface area contributed by atoms with Gasteiger partial charge >= 0.3 is 6.18 Å². The first-order valence-corrected chi connectivity index (χ1v) is 4.23. The lowest BCUT2D eigenvalue weighted by Crippen LogP contribution is -2.13. The Bertz CT molecular complexity index is 355. The molecule has 0 aliphatic heterocycles. The molecule has 0 spiro atoms. The average Bonchev–Trinajstić information content (AvgIpc) is 2.15. The molecule has 1 heterocycles. The first kappa shape index (κ1) is 15.0. The van der Waals surface area contributed by atoms with Crippen LogP contribution in [0.4, 0.5) is 13.2 Å². The maximum atomic E-state index is 12.3. The van der Waals surface area contributed by atoms with Crippen molar-refractivity contribution in [3.8, 4) is 5.75 Å². The van der Waals surface area contributed by atoms with Crippen molar-refractivity contribution in [3.05, 3.63) is 23.5 Å². The molecule has 0 amide bonds. The fraction of sp³-hybridized carbons (Fsp3) is 0.444. The van der Waals surface area contributed by atoms with Gasteiger partial charge in [-0.15, -0.1) is 12.4 Å². The lowest BCUT2D eigenvalue weighted by Gasteiger charge is -2.13. The summed E-state index contributed by atoms with van der Waals surface area (Å²) < 4.78 is 41.8. The van der Waals surface area contributed by atoms with Crippen molar-refractivity contribution in [2.24, 2.45) is 5.73 Å². The summed E-state index contributed by atoms with van der Waals surface area (Å²) in [4.78, 5) is 3.26. The summed E-state index contributed by atoms with van der Waals surface area (Å²) in [5.74, 6) is 0.262. The molecule has 2 N–H and O–H groups in total. The number of aromatic nitrogens is 1. The van der Waals surface area contributed by atoms with Gasteiger partial charge in [-0.2, -0.15) is 13.2 Å². The Morgan fingerprint density at radius 1 is 1.44 bits per heavy atom. The van der Waals surface area contributed by atoms with E-state index in [2.05, 4.69) is 4.98 Å². The van der Waals surface area contributed by atoms with Gasteiger partial charge in [-0.05, 0) is 13.0 Å². The van der Waals surface area contributed by atoms with Gasteiger partial charge < -0.3 is 10.5 Å². The normalized spacial score (nSPS) is 12.9. The van der Waals surface area contributed by atoms with Gasteiger partial charge in [0.2, 0.25) is 0 Å². The number of hydrogen-bond donors (Lipinski definition) is 1. The van der Waals surface area contributed by atoms with Crippen molar-refractivity contribution in [1.29, 1.82) is 0 Å². The van der Waals surface area contributed by atoms with E-state index in [4.69, 9.17) is 10.5 Å². The number of pyridine rings is 1. The standard InChI is InChI=1S/C9H11F3N2O.ClH/c1-5(13)6-3-8(9(10,11)12)14-4-7(6)15-2;/h3-5H,13H2,1-2H3;1H. The Morgan fingerprint density at radius 2 is 2.00 bits per heavy atom. The number of nitrogens with two attached hydrogens (primary N) is 1. The van der Waals surface area contributed by atoms with E-state index in [-0.39, 0.29) is 18.2 Å². The van der Waals surface area contributed by atoms with E-state index in [0.29, 0.717) is 5.56 Å². The fourth-order valence-corrected chi connectivity index (χ4v) is 1.14. The molecule has 16 heavy (non-hydrogen) atoms. The summed E-state index contributed by atoms with van der Waals surface area (Å²) >= 11 is 0. The Balaban J connectivity index is 0.00000225. The summed E-state index contributed by atoms with van der Waals surface area (Å²) in [5.41, 5.74) is 4.86. The van der Waals surface area contributed by atoms with Crippen LogP contribution in [0, 0.1) is 0 Å². The minimum absolute atomic E-state index is 0. The molecule has 0 saturated heterocycles. The van der Waals surface area contributed by atoms with Crippen LogP contribution in [0.25, 0.3) is 0 Å². The van der Waals surface area contributed by atoms with Crippen molar-refractivity contribution >= 4 is 12.4 Å². The van der Waals surface area contributed by atoms with Gasteiger partial charge in [-0.1, -0.05) is 0 Å². The van der Waals surface area contributed by atoms with Gasteiger partial charge in [0.05, 0.1) is 13.3 Å². The molecule has 92 valence electrons. The van der Waals surface area contributed by atoms with E-state index in [1.165, 1.54) is 7.11 Å². The minimum atomic E-state index is -4.46. The Hall–Kier alpha value is -1.01. The Kier molecular flexibility index (Phi) is 5.02. The van der Waals surface area contributed by atoms with Gasteiger partial charge in [0.25, 0.3) is 0 Å². The average molecular weight is 257 g/mol. The van der Waals surface area contributed by atoms with Gasteiger partial charge in [0.15, 0.2) is 0 Å². The van der Waals surface area contributed by atoms with Gasteiger partial charge in [-0.3, -0.25) is 0 Å². The van der Waals surface area contributed by atoms with Crippen LogP contribution in [-0.4, -0.2) is 12.1 Å². The lowest BCUT2D eigenvalue weighted by atomic mass is 10.1. The zero-order valence-electron chi connectivity index (χ0n) is 8.71. The molecular weight excluding hydrogens is 245 g/mol. The number of alkyl halides is 3. The summed E-state index contributed by atoms with van der Waals surface area (Å²) in [6.45, 7) is 1.58. The fourth-order valence-electron chi connectivity index (χ4n) is 1.14. The topological polar surface area (TPSA) is 48.1 Å². The van der Waals surface area contributed by atoms with Crippen molar-refractivity contribution in [1.82, 2.24) is 4.98 Å². The lowest BCUT2D eigenvalue weighted by molar-refractivity contribution is -0.141. The highest BCUT2D eigenvalue weighted by Crippen LogP contribution is 2.32. The van der Waals surface area contributed by atoms with E-state index >= 15 is 0 Å². The van der Waals surface area contributed by atoms with Gasteiger partial charge in [-0.25, -0.2) is 4.98 Å². The molecule has 1 rings (SSSR count). The number of hydrogen-bond acceptors (Lipinski definition) is 3. The molecule has 0 saturated carbocycles. The third-order valence-electron chi connectivity index (χ3n) is 1.90. The van der Waals surface area contributed by atoms with Crippen LogP contribution >= 0.6 is 12.4 Å². The molecule has 1 aromatic rings. The predicted octanol–water partition coefficient (Wildman–Crippen LogP) is 2.55. The summed E-state index contributed by atoms with van der Waals surface area (Å²) in [6, 6.07) is 0.368. The van der Waals surface area contributed by atoms with Crippen molar-refractivity contribution in [3.63, 3.8) is 0 Å². The zero-order valence-corrected chi connectivity index (χ0v) is 9.52. The SMILES string of the molecule is COc1cnc(C(F)(F)F)cc1C(C)N.Cl. The van der Waals surface area contributed by atoms with E-state index in [0.717, 1.165) is 12.3 Å². The molecule has 1 unspecified atom stereocenters. The zero-order chi connectivity index (χ0) is 11.6. The number of ether oxygens (including phenoxy) is 1. The second-order valence-corrected chi connectivity index (χ2v) is 3.10. The smallest absolute Gasteiger partial charge is 0.433 e. The molecule has 1 aromatic heterocycles. The first-order valence-electron chi connectivity index (χ1n) is 4.23. The maximum absolute atomic E-state index is 12.3. The van der Waals surface area contributed by atoms with Crippen LogP contribution in [0.5, 0.6) is 5.75 Å². The first-order chi connectivity index (χ1) is 6.86. The van der Waals surface area contributed by atoms with Gasteiger partial charge in [0, 0.05) is 11.6 Å². The largest absolute Gasteiger partial charge is 0.495 e. The van der Waals surface area contributed by atoms with Crippen molar-refractivity contribution in [2.45, 2.75) is 19.1 Å². The molecule has 0 aromatic carbocycles. The van der Waals surface area contributed by atoms with Crippen molar-refractivity contribution < 1.29 is 17.9 Å². The van der Waals surface area contributed by atoms with Crippen LogP contribution in [0.1, 0.15) is 24.2 Å². The monoisotopic (exact) mass is 256 g/mol. The molecule has 0 radical (unpaired) electrons. The van der Waals surface area contributed by atoms with Crippen LogP contribution in [0.3, 0.4) is 0 Å². The minimum Gasteiger partial charge on any atom is -0.495 e. The second-order valence-electron chi connectivity index (χ2n) is 3.10. The highest BCUT2D eigenvalue weighted by Gasteiger charge is 2.33. The molecular formula is C9H12ClF3N2O. The third-order valence-corrected chi connectivity index (χ3v) is 1.90. The van der Waals surface area contributed by atoms with E-state index in [9.17, 15) is 13.2 Å². The Morgan fingerprint density at radius 3 is 2.38 bits per heavy atom. The molecule has 0 bridgehead atoms. The Labute approximate surface area is 97.2 Å². The van der Waals surface area contributed by atoms with Crippen LogP contribution < -0.4 is 10.5 Å². The van der Waals surface area contributed by atoms with Crippen molar-refractivity contribution in [2.75, 3.05) is 7.11 Å². The summed E-state index contributed by atoms with van der Waals surface area (Å²) in [7, 11) is 1.36. The predicted molar refractivity (Wildman–Crippen MR) is 55.6 cm³/mol. The molecule has 3 nitrogen and oxygen atoms in total. The summed E-state index contributed by atoms with van der Waals surface area (Å²) in [5, 5.41) is 0. The van der Waals surface area contributed by atoms with Crippen LogP contribution in [-0.2, 0) is 6.18 Å². The van der Waals surface area contributed by atoms with Crippen LogP contribution in [0.2, 0.25) is 0 Å². The van der Waals surface area contributed by atoms with E-state index < -0.39 is 17.9 Å². The molecule has 7 heteroatoms. The maximum Gasteiger partial charge on any atom is 0.433 e. The third kappa shape index (κ3) is 3.24. The quantitative estimate of drug-likeness (QED) is 0.885. The van der Waals surface area contributed by atoms with E-state index in [1.54, 1.807) is 6.92 Å². The highest BCUT2D eigenvalue weighted by atomic mass is 35.5. The number of methoxy groups -OCH3 is 1. The molecule has 0 aliphatic rings.